The molecule has 0 bridgehead atoms. The van der Waals surface area contributed by atoms with Gasteiger partial charge in [-0.2, -0.15) is 4.31 Å². The minimum absolute atomic E-state index is 0.0531. The van der Waals surface area contributed by atoms with E-state index in [9.17, 15) is 18.5 Å². The van der Waals surface area contributed by atoms with Crippen molar-refractivity contribution in [3.8, 4) is 0 Å². The van der Waals surface area contributed by atoms with Crippen LogP contribution in [0.4, 0.5) is 11.5 Å². The molecule has 0 unspecified atom stereocenters. The molecule has 3 rings (SSSR count). The number of anilines is 1. The van der Waals surface area contributed by atoms with Crippen molar-refractivity contribution in [3.63, 3.8) is 0 Å². The molecule has 1 fully saturated rings. The second-order valence-corrected chi connectivity index (χ2v) is 8.79. The maximum absolute atomic E-state index is 12.7. The SMILES string of the molecule is Cc1cc([N+](=O)[O-])cnc1N1CCN(S(=O)(=O)c2ccc(Br)cc2)CC1. The summed E-state index contributed by atoms with van der Waals surface area (Å²) < 4.78 is 27.7. The Morgan fingerprint density at radius 2 is 1.77 bits per heavy atom. The van der Waals surface area contributed by atoms with Crippen molar-refractivity contribution < 1.29 is 13.3 Å². The quantitative estimate of drug-likeness (QED) is 0.535. The Balaban J connectivity index is 1.73. The molecule has 2 heterocycles. The Morgan fingerprint density at radius 1 is 1.15 bits per heavy atom. The fraction of sp³-hybridized carbons (Fsp3) is 0.312. The fourth-order valence-electron chi connectivity index (χ4n) is 2.88. The second kappa shape index (κ2) is 7.29. The lowest BCUT2D eigenvalue weighted by Gasteiger charge is -2.35. The molecule has 0 spiro atoms. The Kier molecular flexibility index (Phi) is 5.26. The summed E-state index contributed by atoms with van der Waals surface area (Å²) in [5.74, 6) is 0.649. The Hall–Kier alpha value is -2.04. The zero-order valence-corrected chi connectivity index (χ0v) is 16.4. The highest BCUT2D eigenvalue weighted by atomic mass is 79.9. The molecule has 8 nitrogen and oxygen atoms in total. The number of nitro groups is 1. The van der Waals surface area contributed by atoms with Crippen LogP contribution in [-0.2, 0) is 10.0 Å². The molecular formula is C16H17BrN4O4S. The average molecular weight is 441 g/mol. The molecule has 0 radical (unpaired) electrons. The van der Waals surface area contributed by atoms with E-state index < -0.39 is 14.9 Å². The van der Waals surface area contributed by atoms with Gasteiger partial charge in [0.2, 0.25) is 10.0 Å². The van der Waals surface area contributed by atoms with Crippen LogP contribution in [0.3, 0.4) is 0 Å². The number of pyridine rings is 1. The van der Waals surface area contributed by atoms with Gasteiger partial charge in [-0.3, -0.25) is 10.1 Å². The third kappa shape index (κ3) is 3.71. The molecule has 10 heteroatoms. The zero-order valence-electron chi connectivity index (χ0n) is 14.0. The van der Waals surface area contributed by atoms with Gasteiger partial charge in [0.15, 0.2) is 0 Å². The lowest BCUT2D eigenvalue weighted by Crippen LogP contribution is -2.49. The first kappa shape index (κ1) is 18.7. The average Bonchev–Trinajstić information content (AvgIpc) is 2.62. The highest BCUT2D eigenvalue weighted by Gasteiger charge is 2.29. The van der Waals surface area contributed by atoms with E-state index in [1.165, 1.54) is 16.6 Å². The highest BCUT2D eigenvalue weighted by Crippen LogP contribution is 2.25. The van der Waals surface area contributed by atoms with Crippen LogP contribution in [0, 0.1) is 17.0 Å². The standard InChI is InChI=1S/C16H17BrN4O4S/c1-12-10-14(21(22)23)11-18-16(12)19-6-8-20(9-7-19)26(24,25)15-4-2-13(17)3-5-15/h2-5,10-11H,6-9H2,1H3. The summed E-state index contributed by atoms with van der Waals surface area (Å²) in [4.78, 5) is 16.7. The van der Waals surface area contributed by atoms with Gasteiger partial charge in [-0.25, -0.2) is 13.4 Å². The molecule has 1 aliphatic rings. The van der Waals surface area contributed by atoms with Gasteiger partial charge in [-0.1, -0.05) is 15.9 Å². The largest absolute Gasteiger partial charge is 0.354 e. The van der Waals surface area contributed by atoms with Gasteiger partial charge >= 0.3 is 0 Å². The highest BCUT2D eigenvalue weighted by molar-refractivity contribution is 9.10. The van der Waals surface area contributed by atoms with Crippen molar-refractivity contribution in [2.45, 2.75) is 11.8 Å². The van der Waals surface area contributed by atoms with Crippen LogP contribution in [0.1, 0.15) is 5.56 Å². The smallest absolute Gasteiger partial charge is 0.287 e. The summed E-state index contributed by atoms with van der Waals surface area (Å²) in [6.07, 6.45) is 1.23. The predicted octanol–water partition coefficient (Wildman–Crippen LogP) is 2.57. The van der Waals surface area contributed by atoms with E-state index in [0.717, 1.165) is 4.47 Å². The summed E-state index contributed by atoms with van der Waals surface area (Å²) in [5, 5.41) is 10.8. The summed E-state index contributed by atoms with van der Waals surface area (Å²) in [6, 6.07) is 8.04. The van der Waals surface area contributed by atoms with Gasteiger partial charge < -0.3 is 4.90 Å². The third-order valence-corrected chi connectivity index (χ3v) is 6.68. The topological polar surface area (TPSA) is 96.7 Å². The summed E-state index contributed by atoms with van der Waals surface area (Å²) in [6.45, 7) is 3.37. The van der Waals surface area contributed by atoms with Crippen LogP contribution < -0.4 is 4.90 Å². The van der Waals surface area contributed by atoms with Gasteiger partial charge in [0.05, 0.1) is 9.82 Å². The van der Waals surface area contributed by atoms with Gasteiger partial charge in [0, 0.05) is 36.7 Å². The first-order chi connectivity index (χ1) is 12.3. The number of rotatable bonds is 4. The van der Waals surface area contributed by atoms with Crippen LogP contribution in [-0.4, -0.2) is 48.8 Å². The fourth-order valence-corrected chi connectivity index (χ4v) is 4.57. The van der Waals surface area contributed by atoms with Crippen molar-refractivity contribution in [2.24, 2.45) is 0 Å². The van der Waals surface area contributed by atoms with Crippen LogP contribution >= 0.6 is 15.9 Å². The van der Waals surface area contributed by atoms with Crippen LogP contribution in [0.15, 0.2) is 45.9 Å². The molecule has 1 aromatic heterocycles. The lowest BCUT2D eigenvalue weighted by atomic mass is 10.2. The van der Waals surface area contributed by atoms with E-state index in [2.05, 4.69) is 20.9 Å². The number of aromatic nitrogens is 1. The first-order valence-electron chi connectivity index (χ1n) is 7.91. The van der Waals surface area contributed by atoms with E-state index in [4.69, 9.17) is 0 Å². The molecule has 1 aromatic carbocycles. The zero-order chi connectivity index (χ0) is 18.9. The van der Waals surface area contributed by atoms with Crippen molar-refractivity contribution in [2.75, 3.05) is 31.1 Å². The van der Waals surface area contributed by atoms with Crippen molar-refractivity contribution >= 4 is 37.5 Å². The first-order valence-corrected chi connectivity index (χ1v) is 10.1. The van der Waals surface area contributed by atoms with Crippen molar-refractivity contribution in [1.82, 2.24) is 9.29 Å². The Morgan fingerprint density at radius 3 is 2.31 bits per heavy atom. The number of halogens is 1. The number of sulfonamides is 1. The molecule has 0 amide bonds. The predicted molar refractivity (Wildman–Crippen MR) is 101 cm³/mol. The minimum atomic E-state index is -3.54. The van der Waals surface area contributed by atoms with E-state index in [1.807, 2.05) is 4.90 Å². The van der Waals surface area contributed by atoms with E-state index in [-0.39, 0.29) is 10.6 Å². The van der Waals surface area contributed by atoms with Crippen LogP contribution in [0.5, 0.6) is 0 Å². The van der Waals surface area contributed by atoms with Gasteiger partial charge in [-0.15, -0.1) is 0 Å². The van der Waals surface area contributed by atoms with Gasteiger partial charge in [0.25, 0.3) is 5.69 Å². The third-order valence-electron chi connectivity index (χ3n) is 4.24. The van der Waals surface area contributed by atoms with E-state index >= 15 is 0 Å². The molecular weight excluding hydrogens is 424 g/mol. The number of nitrogens with zero attached hydrogens (tertiary/aromatic N) is 4. The van der Waals surface area contributed by atoms with E-state index in [1.54, 1.807) is 31.2 Å². The number of hydrogen-bond donors (Lipinski definition) is 0. The molecule has 0 saturated carbocycles. The molecule has 0 N–H and O–H groups in total. The number of aryl methyl sites for hydroxylation is 1. The van der Waals surface area contributed by atoms with Crippen molar-refractivity contribution in [3.05, 3.63) is 56.7 Å². The maximum Gasteiger partial charge on any atom is 0.287 e. The van der Waals surface area contributed by atoms with Crippen LogP contribution in [0.2, 0.25) is 0 Å². The lowest BCUT2D eigenvalue weighted by molar-refractivity contribution is -0.385. The normalized spacial score (nSPS) is 15.8. The van der Waals surface area contributed by atoms with Gasteiger partial charge in [0.1, 0.15) is 12.0 Å². The Bertz CT molecular complexity index is 926. The van der Waals surface area contributed by atoms with E-state index in [0.29, 0.717) is 37.6 Å². The molecule has 1 saturated heterocycles. The Labute approximate surface area is 159 Å². The second-order valence-electron chi connectivity index (χ2n) is 5.94. The van der Waals surface area contributed by atoms with Gasteiger partial charge in [-0.05, 0) is 36.8 Å². The summed E-state index contributed by atoms with van der Waals surface area (Å²) in [7, 11) is -3.54. The number of piperazine rings is 1. The number of hydrogen-bond acceptors (Lipinski definition) is 6. The molecule has 0 aliphatic carbocycles. The summed E-state index contributed by atoms with van der Waals surface area (Å²) >= 11 is 3.30. The molecule has 138 valence electrons. The number of benzene rings is 1. The van der Waals surface area contributed by atoms with Crippen LogP contribution in [0.25, 0.3) is 0 Å². The monoisotopic (exact) mass is 440 g/mol. The summed E-state index contributed by atoms with van der Waals surface area (Å²) in [5.41, 5.74) is 0.645. The molecule has 26 heavy (non-hydrogen) atoms. The van der Waals surface area contributed by atoms with Crippen molar-refractivity contribution in [1.29, 1.82) is 0 Å². The molecule has 1 aliphatic heterocycles. The molecule has 0 atom stereocenters. The maximum atomic E-state index is 12.7. The minimum Gasteiger partial charge on any atom is -0.354 e. The molecule has 2 aromatic rings.